The van der Waals surface area contributed by atoms with Gasteiger partial charge in [-0.05, 0) is 61.8 Å². The Morgan fingerprint density at radius 1 is 1.04 bits per heavy atom. The first-order chi connectivity index (χ1) is 13.5. The molecular weight excluding hydrogens is 365 g/mol. The third-order valence-corrected chi connectivity index (χ3v) is 5.71. The third-order valence-electron chi connectivity index (χ3n) is 5.71. The van der Waals surface area contributed by atoms with Crippen molar-refractivity contribution >= 4 is 0 Å². The average molecular weight is 392 g/mol. The second-order valence-corrected chi connectivity index (χ2v) is 7.69. The molecule has 0 N–H and O–H groups in total. The van der Waals surface area contributed by atoms with E-state index in [0.717, 1.165) is 24.5 Å². The molecule has 5 heteroatoms. The van der Waals surface area contributed by atoms with E-state index in [-0.39, 0.29) is 12.2 Å². The smallest absolute Gasteiger partial charge is 0.372 e. The van der Waals surface area contributed by atoms with Crippen molar-refractivity contribution in [3.63, 3.8) is 0 Å². The summed E-state index contributed by atoms with van der Waals surface area (Å²) in [4.78, 5) is 0. The molecule has 2 nitrogen and oxygen atoms in total. The zero-order chi connectivity index (χ0) is 20.0. The Hall–Kier alpha value is -1.77. The predicted octanol–water partition coefficient (Wildman–Crippen LogP) is 5.61. The van der Waals surface area contributed by atoms with Crippen molar-refractivity contribution in [1.29, 1.82) is 0 Å². The lowest BCUT2D eigenvalue weighted by atomic mass is 9.77. The zero-order valence-corrected chi connectivity index (χ0v) is 16.0. The van der Waals surface area contributed by atoms with Gasteiger partial charge in [0.15, 0.2) is 0 Å². The zero-order valence-electron chi connectivity index (χ0n) is 16.0. The molecule has 0 bridgehead atoms. The van der Waals surface area contributed by atoms with Crippen LogP contribution in [0.3, 0.4) is 0 Å². The molecule has 152 valence electrons. The number of halogens is 3. The van der Waals surface area contributed by atoms with E-state index in [0.29, 0.717) is 24.7 Å². The summed E-state index contributed by atoms with van der Waals surface area (Å²) in [5.74, 6) is 7.20. The molecule has 1 aromatic carbocycles. The highest BCUT2D eigenvalue weighted by Gasteiger charge is 2.32. The van der Waals surface area contributed by atoms with Crippen LogP contribution >= 0.6 is 0 Å². The lowest BCUT2D eigenvalue weighted by Crippen LogP contribution is -2.40. The Morgan fingerprint density at radius 2 is 1.75 bits per heavy atom. The molecule has 0 aromatic heterocycles. The van der Waals surface area contributed by atoms with Crippen molar-refractivity contribution < 1.29 is 22.6 Å². The summed E-state index contributed by atoms with van der Waals surface area (Å²) in [7, 11) is 0. The molecule has 2 atom stereocenters. The monoisotopic (exact) mass is 392 g/mol. The SMILES string of the molecule is C=CCCC1CCC(C2CO[C@@H](C#Cc3ccc(C(F)(F)F)cc3)CO2)CC1. The maximum Gasteiger partial charge on any atom is 0.416 e. The van der Waals surface area contributed by atoms with Crippen molar-refractivity contribution in [1.82, 2.24) is 0 Å². The Balaban J connectivity index is 1.44. The van der Waals surface area contributed by atoms with Gasteiger partial charge in [-0.1, -0.05) is 30.8 Å². The Bertz CT molecular complexity index is 683. The van der Waals surface area contributed by atoms with Gasteiger partial charge < -0.3 is 9.47 Å². The number of rotatable bonds is 4. The molecule has 0 amide bonds. The van der Waals surface area contributed by atoms with Gasteiger partial charge in [0.2, 0.25) is 0 Å². The van der Waals surface area contributed by atoms with Crippen LogP contribution in [0.4, 0.5) is 13.2 Å². The molecule has 1 saturated heterocycles. The van der Waals surface area contributed by atoms with Crippen molar-refractivity contribution in [3.8, 4) is 11.8 Å². The molecule has 28 heavy (non-hydrogen) atoms. The van der Waals surface area contributed by atoms with E-state index in [4.69, 9.17) is 9.47 Å². The maximum atomic E-state index is 12.6. The van der Waals surface area contributed by atoms with Gasteiger partial charge in [-0.2, -0.15) is 13.2 Å². The lowest BCUT2D eigenvalue weighted by Gasteiger charge is -2.36. The van der Waals surface area contributed by atoms with E-state index in [1.165, 1.54) is 44.2 Å². The third kappa shape index (κ3) is 5.86. The fourth-order valence-corrected chi connectivity index (χ4v) is 3.98. The van der Waals surface area contributed by atoms with Crippen LogP contribution in [-0.2, 0) is 15.7 Å². The number of alkyl halides is 3. The summed E-state index contributed by atoms with van der Waals surface area (Å²) in [5.41, 5.74) is -0.131. The van der Waals surface area contributed by atoms with E-state index in [1.54, 1.807) is 0 Å². The molecule has 3 rings (SSSR count). The number of allylic oxidation sites excluding steroid dienone is 1. The van der Waals surface area contributed by atoms with E-state index in [2.05, 4.69) is 18.4 Å². The molecule has 1 aliphatic heterocycles. The molecule has 1 heterocycles. The maximum absolute atomic E-state index is 12.6. The molecule has 1 saturated carbocycles. The molecule has 0 radical (unpaired) electrons. The fraction of sp³-hybridized carbons (Fsp3) is 0.565. The van der Waals surface area contributed by atoms with Gasteiger partial charge in [-0.3, -0.25) is 0 Å². The van der Waals surface area contributed by atoms with Crippen molar-refractivity contribution in [2.75, 3.05) is 13.2 Å². The van der Waals surface area contributed by atoms with Crippen molar-refractivity contribution in [3.05, 3.63) is 48.0 Å². The molecule has 2 aliphatic rings. The number of ether oxygens (including phenoxy) is 2. The van der Waals surface area contributed by atoms with Crippen molar-refractivity contribution in [2.24, 2.45) is 11.8 Å². The van der Waals surface area contributed by atoms with Crippen LogP contribution in [-0.4, -0.2) is 25.4 Å². The van der Waals surface area contributed by atoms with Gasteiger partial charge in [0.05, 0.1) is 24.9 Å². The normalized spacial score (nSPS) is 28.2. The van der Waals surface area contributed by atoms with Crippen LogP contribution < -0.4 is 0 Å². The minimum absolute atomic E-state index is 0.129. The fourth-order valence-electron chi connectivity index (χ4n) is 3.98. The number of hydrogen-bond donors (Lipinski definition) is 0. The van der Waals surface area contributed by atoms with Crippen LogP contribution in [0.1, 0.15) is 49.7 Å². The van der Waals surface area contributed by atoms with Gasteiger partial charge in [0, 0.05) is 5.56 Å². The molecule has 1 aliphatic carbocycles. The number of hydrogen-bond acceptors (Lipinski definition) is 2. The highest BCUT2D eigenvalue weighted by atomic mass is 19.4. The first kappa shape index (κ1) is 21.0. The Morgan fingerprint density at radius 3 is 2.32 bits per heavy atom. The van der Waals surface area contributed by atoms with Gasteiger partial charge in [-0.25, -0.2) is 0 Å². The Kier molecular flexibility index (Phi) is 7.20. The first-order valence-corrected chi connectivity index (χ1v) is 9.98. The molecule has 0 spiro atoms. The number of benzene rings is 1. The molecule has 1 unspecified atom stereocenters. The van der Waals surface area contributed by atoms with Crippen molar-refractivity contribution in [2.45, 2.75) is 56.9 Å². The van der Waals surface area contributed by atoms with E-state index >= 15 is 0 Å². The summed E-state index contributed by atoms with van der Waals surface area (Å²) >= 11 is 0. The first-order valence-electron chi connectivity index (χ1n) is 9.98. The van der Waals surface area contributed by atoms with Crippen LogP contribution in [0.15, 0.2) is 36.9 Å². The van der Waals surface area contributed by atoms with Gasteiger partial charge in [-0.15, -0.1) is 6.58 Å². The van der Waals surface area contributed by atoms with Gasteiger partial charge in [0.25, 0.3) is 0 Å². The minimum Gasteiger partial charge on any atom is -0.372 e. The molecular formula is C23H27F3O2. The van der Waals surface area contributed by atoms with E-state index < -0.39 is 11.7 Å². The van der Waals surface area contributed by atoms with Crippen LogP contribution in [0, 0.1) is 23.7 Å². The minimum atomic E-state index is -4.33. The van der Waals surface area contributed by atoms with Crippen LogP contribution in [0.25, 0.3) is 0 Å². The summed E-state index contributed by atoms with van der Waals surface area (Å²) in [5, 5.41) is 0. The summed E-state index contributed by atoms with van der Waals surface area (Å²) in [6, 6.07) is 4.85. The van der Waals surface area contributed by atoms with Gasteiger partial charge in [0.1, 0.15) is 6.10 Å². The van der Waals surface area contributed by atoms with Crippen LogP contribution in [0.2, 0.25) is 0 Å². The standard InChI is InChI=1S/C23H27F3O2/c1-2-3-4-17-5-10-19(11-6-17)22-16-27-21(15-28-22)14-9-18-7-12-20(13-8-18)23(24,25)26/h2,7-8,12-13,17,19,21-22H,1,3-6,10-11,15-16H2/t17?,19?,21-,22?/m0/s1. The Labute approximate surface area is 165 Å². The largest absolute Gasteiger partial charge is 0.416 e. The van der Waals surface area contributed by atoms with Gasteiger partial charge >= 0.3 is 6.18 Å². The lowest BCUT2D eigenvalue weighted by molar-refractivity contribution is -0.138. The highest BCUT2D eigenvalue weighted by molar-refractivity contribution is 5.37. The summed E-state index contributed by atoms with van der Waals surface area (Å²) in [6.45, 7) is 4.74. The van der Waals surface area contributed by atoms with E-state index in [9.17, 15) is 13.2 Å². The summed E-state index contributed by atoms with van der Waals surface area (Å²) < 4.78 is 49.6. The molecule has 2 fully saturated rings. The van der Waals surface area contributed by atoms with Crippen LogP contribution in [0.5, 0.6) is 0 Å². The predicted molar refractivity (Wildman–Crippen MR) is 103 cm³/mol. The summed E-state index contributed by atoms with van der Waals surface area (Å²) in [6.07, 6.45) is 4.65. The second-order valence-electron chi connectivity index (χ2n) is 7.69. The molecule has 1 aromatic rings. The highest BCUT2D eigenvalue weighted by Crippen LogP contribution is 2.35. The topological polar surface area (TPSA) is 18.5 Å². The van der Waals surface area contributed by atoms with E-state index in [1.807, 2.05) is 6.08 Å². The quantitative estimate of drug-likeness (QED) is 0.490. The average Bonchev–Trinajstić information content (AvgIpc) is 2.71. The second kappa shape index (κ2) is 9.62.